The highest BCUT2D eigenvalue weighted by molar-refractivity contribution is 7.86. The minimum absolute atomic E-state index is 0.345. The molecule has 3 rings (SSSR count). The molecule has 7 nitrogen and oxygen atoms in total. The first-order chi connectivity index (χ1) is 12.0. The van der Waals surface area contributed by atoms with Crippen LogP contribution in [0.3, 0.4) is 0 Å². The van der Waals surface area contributed by atoms with Crippen LogP contribution in [0, 0.1) is 17.1 Å². The molecule has 0 atom stereocenters. The van der Waals surface area contributed by atoms with Crippen molar-refractivity contribution in [2.45, 2.75) is 6.54 Å². The summed E-state index contributed by atoms with van der Waals surface area (Å²) in [6.07, 6.45) is 0. The first-order valence-corrected chi connectivity index (χ1v) is 9.64. The van der Waals surface area contributed by atoms with Crippen LogP contribution in [-0.4, -0.2) is 74.4 Å². The van der Waals surface area contributed by atoms with Gasteiger partial charge in [-0.25, -0.2) is 4.39 Å². The lowest BCUT2D eigenvalue weighted by molar-refractivity contribution is 0.0683. The fourth-order valence-electron chi connectivity index (χ4n) is 3.07. The van der Waals surface area contributed by atoms with Crippen LogP contribution in [0.2, 0.25) is 0 Å². The van der Waals surface area contributed by atoms with Crippen molar-refractivity contribution in [1.82, 2.24) is 13.5 Å². The molecule has 0 spiro atoms. The van der Waals surface area contributed by atoms with Gasteiger partial charge in [0.15, 0.2) is 0 Å². The van der Waals surface area contributed by atoms with E-state index in [1.54, 1.807) is 6.07 Å². The van der Waals surface area contributed by atoms with Crippen molar-refractivity contribution in [1.29, 1.82) is 5.26 Å². The summed E-state index contributed by atoms with van der Waals surface area (Å²) >= 11 is 0. The molecule has 0 saturated carbocycles. The lowest BCUT2D eigenvalue weighted by atomic mass is 10.1. The maximum absolute atomic E-state index is 13.9. The van der Waals surface area contributed by atoms with Crippen LogP contribution in [0.4, 0.5) is 4.39 Å². The number of ether oxygens (including phenoxy) is 1. The Labute approximate surface area is 147 Å². The van der Waals surface area contributed by atoms with Gasteiger partial charge in [-0.1, -0.05) is 0 Å². The van der Waals surface area contributed by atoms with Crippen molar-refractivity contribution < 1.29 is 17.5 Å². The third kappa shape index (κ3) is 4.16. The lowest BCUT2D eigenvalue weighted by Crippen LogP contribution is -2.54. The summed E-state index contributed by atoms with van der Waals surface area (Å²) in [5.74, 6) is -0.345. The molecule has 0 unspecified atom stereocenters. The van der Waals surface area contributed by atoms with E-state index in [-0.39, 0.29) is 5.82 Å². The second-order valence-corrected chi connectivity index (χ2v) is 8.04. The van der Waals surface area contributed by atoms with Crippen molar-refractivity contribution in [2.75, 3.05) is 52.5 Å². The van der Waals surface area contributed by atoms with E-state index < -0.39 is 10.2 Å². The third-order valence-electron chi connectivity index (χ3n) is 4.52. The number of benzene rings is 1. The molecular weight excluding hydrogens is 347 g/mol. The molecule has 1 aromatic carbocycles. The Morgan fingerprint density at radius 3 is 2.36 bits per heavy atom. The molecule has 2 aliphatic heterocycles. The molecule has 2 heterocycles. The third-order valence-corrected chi connectivity index (χ3v) is 6.56. The fraction of sp³-hybridized carbons (Fsp3) is 0.562. The average molecular weight is 368 g/mol. The normalized spacial score (nSPS) is 21.1. The van der Waals surface area contributed by atoms with Gasteiger partial charge in [0, 0.05) is 51.4 Å². The molecule has 0 amide bonds. The Bertz CT molecular complexity index is 751. The van der Waals surface area contributed by atoms with Gasteiger partial charge in [-0.15, -0.1) is 0 Å². The van der Waals surface area contributed by atoms with E-state index in [1.165, 1.54) is 20.7 Å². The number of morpholine rings is 1. The fourth-order valence-corrected chi connectivity index (χ4v) is 4.63. The van der Waals surface area contributed by atoms with E-state index >= 15 is 0 Å². The topological polar surface area (TPSA) is 76.9 Å². The predicted molar refractivity (Wildman–Crippen MR) is 89.3 cm³/mol. The van der Waals surface area contributed by atoms with Crippen LogP contribution in [-0.2, 0) is 21.5 Å². The SMILES string of the molecule is N#Cc1ccc(F)c(CN2CCN(S(=O)(=O)N3CCOCC3)CC2)c1. The number of halogens is 1. The van der Waals surface area contributed by atoms with E-state index in [0.717, 1.165) is 0 Å². The number of hydrogen-bond acceptors (Lipinski definition) is 5. The maximum atomic E-state index is 13.9. The molecule has 136 valence electrons. The summed E-state index contributed by atoms with van der Waals surface area (Å²) < 4.78 is 47.3. The van der Waals surface area contributed by atoms with Gasteiger partial charge >= 0.3 is 0 Å². The van der Waals surface area contributed by atoms with Gasteiger partial charge in [-0.2, -0.15) is 22.3 Å². The van der Waals surface area contributed by atoms with Crippen LogP contribution in [0.25, 0.3) is 0 Å². The van der Waals surface area contributed by atoms with Crippen LogP contribution in [0.15, 0.2) is 18.2 Å². The van der Waals surface area contributed by atoms with Gasteiger partial charge in [0.25, 0.3) is 10.2 Å². The molecule has 9 heteroatoms. The van der Waals surface area contributed by atoms with Crippen molar-refractivity contribution >= 4 is 10.2 Å². The van der Waals surface area contributed by atoms with Crippen LogP contribution >= 0.6 is 0 Å². The molecule has 2 fully saturated rings. The van der Waals surface area contributed by atoms with Gasteiger partial charge < -0.3 is 4.74 Å². The average Bonchev–Trinajstić information content (AvgIpc) is 2.65. The molecule has 1 aromatic rings. The highest BCUT2D eigenvalue weighted by Crippen LogP contribution is 2.17. The van der Waals surface area contributed by atoms with E-state index in [9.17, 15) is 12.8 Å². The molecule has 2 saturated heterocycles. The molecular formula is C16H21FN4O3S. The van der Waals surface area contributed by atoms with Crippen molar-refractivity contribution in [3.63, 3.8) is 0 Å². The van der Waals surface area contributed by atoms with E-state index in [4.69, 9.17) is 10.00 Å². The number of nitrogens with zero attached hydrogens (tertiary/aromatic N) is 4. The van der Waals surface area contributed by atoms with Crippen molar-refractivity contribution in [2.24, 2.45) is 0 Å². The molecule has 0 bridgehead atoms. The Morgan fingerprint density at radius 1 is 1.08 bits per heavy atom. The first-order valence-electron chi connectivity index (χ1n) is 8.24. The van der Waals surface area contributed by atoms with Crippen LogP contribution in [0.5, 0.6) is 0 Å². The molecule has 0 radical (unpaired) electrons. The monoisotopic (exact) mass is 368 g/mol. The second kappa shape index (κ2) is 7.76. The van der Waals surface area contributed by atoms with E-state index in [2.05, 4.69) is 0 Å². The van der Waals surface area contributed by atoms with E-state index in [1.807, 2.05) is 11.0 Å². The van der Waals surface area contributed by atoms with Gasteiger partial charge in [0.1, 0.15) is 5.82 Å². The number of hydrogen-bond donors (Lipinski definition) is 0. The summed E-state index contributed by atoms with van der Waals surface area (Å²) in [7, 11) is -3.46. The molecule has 25 heavy (non-hydrogen) atoms. The largest absolute Gasteiger partial charge is 0.379 e. The molecule has 2 aliphatic rings. The Morgan fingerprint density at radius 2 is 1.72 bits per heavy atom. The highest BCUT2D eigenvalue weighted by Gasteiger charge is 2.33. The summed E-state index contributed by atoms with van der Waals surface area (Å²) in [6.45, 7) is 3.79. The Balaban J connectivity index is 1.59. The van der Waals surface area contributed by atoms with Crippen molar-refractivity contribution in [3.05, 3.63) is 35.1 Å². The standard InChI is InChI=1S/C16H21FN4O3S/c17-16-2-1-14(12-18)11-15(16)13-19-3-5-20(6-4-19)25(22,23)21-7-9-24-10-8-21/h1-2,11H,3-10,13H2. The Hall–Kier alpha value is -1.57. The predicted octanol–water partition coefficient (Wildman–Crippen LogP) is 0.392. The number of piperazine rings is 1. The van der Waals surface area contributed by atoms with Crippen LogP contribution in [0.1, 0.15) is 11.1 Å². The quantitative estimate of drug-likeness (QED) is 0.769. The number of rotatable bonds is 4. The smallest absolute Gasteiger partial charge is 0.282 e. The lowest BCUT2D eigenvalue weighted by Gasteiger charge is -2.37. The van der Waals surface area contributed by atoms with Gasteiger partial charge in [0.05, 0.1) is 24.8 Å². The van der Waals surface area contributed by atoms with E-state index in [0.29, 0.717) is 70.2 Å². The summed E-state index contributed by atoms with van der Waals surface area (Å²) in [6, 6.07) is 6.30. The maximum Gasteiger partial charge on any atom is 0.282 e. The van der Waals surface area contributed by atoms with Gasteiger partial charge in [-0.3, -0.25) is 4.90 Å². The number of nitriles is 1. The highest BCUT2D eigenvalue weighted by atomic mass is 32.2. The molecule has 0 aliphatic carbocycles. The van der Waals surface area contributed by atoms with Gasteiger partial charge in [-0.05, 0) is 18.2 Å². The minimum atomic E-state index is -3.46. The summed E-state index contributed by atoms with van der Waals surface area (Å²) in [5.41, 5.74) is 0.883. The zero-order valence-electron chi connectivity index (χ0n) is 13.9. The zero-order valence-corrected chi connectivity index (χ0v) is 14.7. The van der Waals surface area contributed by atoms with Gasteiger partial charge in [0.2, 0.25) is 0 Å². The first kappa shape index (κ1) is 18.2. The minimum Gasteiger partial charge on any atom is -0.379 e. The Kier molecular flexibility index (Phi) is 5.66. The summed E-state index contributed by atoms with van der Waals surface area (Å²) in [5, 5.41) is 8.93. The molecule has 0 aromatic heterocycles. The second-order valence-electron chi connectivity index (χ2n) is 6.11. The van der Waals surface area contributed by atoms with Crippen LogP contribution < -0.4 is 0 Å². The molecule has 0 N–H and O–H groups in total. The summed E-state index contributed by atoms with van der Waals surface area (Å²) in [4.78, 5) is 2.00. The zero-order chi connectivity index (χ0) is 17.9. The van der Waals surface area contributed by atoms with Crippen molar-refractivity contribution in [3.8, 4) is 6.07 Å².